The van der Waals surface area contributed by atoms with Crippen LogP contribution in [0.4, 0.5) is 0 Å². The maximum atomic E-state index is 4.09. The van der Waals surface area contributed by atoms with Crippen molar-refractivity contribution in [3.05, 3.63) is 17.1 Å². The summed E-state index contributed by atoms with van der Waals surface area (Å²) in [6.07, 6.45) is 1.88. The minimum absolute atomic E-state index is 1.08. The first-order valence-corrected chi connectivity index (χ1v) is 5.05. The van der Waals surface area contributed by atoms with Crippen molar-refractivity contribution in [2.24, 2.45) is 0 Å². The largest absolute Gasteiger partial charge is 0.314 e. The van der Waals surface area contributed by atoms with E-state index in [9.17, 15) is 0 Å². The molecule has 3 nitrogen and oxygen atoms in total. The smallest absolute Gasteiger partial charge is 0.0410 e. The Morgan fingerprint density at radius 2 is 2.33 bits per heavy atom. The number of aromatic nitrogens is 1. The molecule has 1 aliphatic rings. The molecule has 1 aliphatic heterocycles. The highest BCUT2D eigenvalue weighted by Gasteiger charge is 2.09. The molecule has 0 amide bonds. The lowest BCUT2D eigenvalue weighted by Gasteiger charge is -2.26. The van der Waals surface area contributed by atoms with Crippen molar-refractivity contribution < 1.29 is 0 Å². The standard InChI is InChI=1S/C8H13N3S/c1-2-10-12-8(1)7-11-5-3-9-4-6-11/h1-2,9H,3-7H2. The zero-order chi connectivity index (χ0) is 8.23. The van der Waals surface area contributed by atoms with Gasteiger partial charge in [0.15, 0.2) is 0 Å². The van der Waals surface area contributed by atoms with Gasteiger partial charge in [0.2, 0.25) is 0 Å². The summed E-state index contributed by atoms with van der Waals surface area (Å²) >= 11 is 1.60. The van der Waals surface area contributed by atoms with E-state index in [1.807, 2.05) is 6.20 Å². The molecule has 12 heavy (non-hydrogen) atoms. The number of nitrogens with zero attached hydrogens (tertiary/aromatic N) is 2. The van der Waals surface area contributed by atoms with Gasteiger partial charge in [-0.25, -0.2) is 4.37 Å². The first-order chi connectivity index (χ1) is 5.95. The molecule has 0 spiro atoms. The molecule has 0 bridgehead atoms. The van der Waals surface area contributed by atoms with Gasteiger partial charge >= 0.3 is 0 Å². The van der Waals surface area contributed by atoms with E-state index in [-0.39, 0.29) is 0 Å². The Morgan fingerprint density at radius 1 is 1.50 bits per heavy atom. The van der Waals surface area contributed by atoms with Gasteiger partial charge in [0.1, 0.15) is 0 Å². The van der Waals surface area contributed by atoms with Crippen LogP contribution in [0.15, 0.2) is 12.3 Å². The molecule has 1 aromatic rings. The van der Waals surface area contributed by atoms with Crippen LogP contribution in [0.5, 0.6) is 0 Å². The van der Waals surface area contributed by atoms with Gasteiger partial charge in [0, 0.05) is 43.8 Å². The van der Waals surface area contributed by atoms with Gasteiger partial charge in [-0.2, -0.15) is 0 Å². The van der Waals surface area contributed by atoms with E-state index < -0.39 is 0 Å². The second kappa shape index (κ2) is 3.98. The lowest BCUT2D eigenvalue weighted by molar-refractivity contribution is 0.235. The highest BCUT2D eigenvalue weighted by Crippen LogP contribution is 2.08. The second-order valence-electron chi connectivity index (χ2n) is 3.00. The van der Waals surface area contributed by atoms with Crippen LogP contribution < -0.4 is 5.32 Å². The van der Waals surface area contributed by atoms with Gasteiger partial charge in [0.25, 0.3) is 0 Å². The highest BCUT2D eigenvalue weighted by atomic mass is 32.1. The summed E-state index contributed by atoms with van der Waals surface area (Å²) in [4.78, 5) is 3.83. The lowest BCUT2D eigenvalue weighted by Crippen LogP contribution is -2.42. The fourth-order valence-electron chi connectivity index (χ4n) is 1.41. The van der Waals surface area contributed by atoms with Gasteiger partial charge in [-0.1, -0.05) is 0 Å². The predicted octanol–water partition coefficient (Wildman–Crippen LogP) is 0.548. The van der Waals surface area contributed by atoms with Crippen molar-refractivity contribution in [2.45, 2.75) is 6.54 Å². The molecule has 0 aliphatic carbocycles. The van der Waals surface area contributed by atoms with Gasteiger partial charge in [0.05, 0.1) is 0 Å². The molecule has 2 rings (SSSR count). The van der Waals surface area contributed by atoms with Crippen molar-refractivity contribution in [2.75, 3.05) is 26.2 Å². The summed E-state index contributed by atoms with van der Waals surface area (Å²) in [5, 5.41) is 3.34. The number of piperazine rings is 1. The third-order valence-corrected chi connectivity index (χ3v) is 2.81. The molecule has 1 N–H and O–H groups in total. The number of rotatable bonds is 2. The van der Waals surface area contributed by atoms with E-state index in [1.54, 1.807) is 11.5 Å². The van der Waals surface area contributed by atoms with Crippen LogP contribution in [0.25, 0.3) is 0 Å². The van der Waals surface area contributed by atoms with E-state index in [0.29, 0.717) is 0 Å². The van der Waals surface area contributed by atoms with Crippen LogP contribution in [0, 0.1) is 0 Å². The van der Waals surface area contributed by atoms with Gasteiger partial charge < -0.3 is 5.32 Å². The van der Waals surface area contributed by atoms with Crippen LogP contribution in [0.3, 0.4) is 0 Å². The molecule has 1 fully saturated rings. The topological polar surface area (TPSA) is 28.2 Å². The van der Waals surface area contributed by atoms with Crippen molar-refractivity contribution in [1.29, 1.82) is 0 Å². The van der Waals surface area contributed by atoms with Gasteiger partial charge in [-0.15, -0.1) is 0 Å². The molecular formula is C8H13N3S. The number of nitrogens with one attached hydrogen (secondary N) is 1. The Hall–Kier alpha value is -0.450. The lowest BCUT2D eigenvalue weighted by atomic mass is 10.3. The Morgan fingerprint density at radius 3 is 3.00 bits per heavy atom. The molecule has 66 valence electrons. The number of hydrogen-bond donors (Lipinski definition) is 1. The second-order valence-corrected chi connectivity index (χ2v) is 3.92. The maximum Gasteiger partial charge on any atom is 0.0410 e. The Balaban J connectivity index is 1.86. The summed E-state index contributed by atoms with van der Waals surface area (Å²) in [6, 6.07) is 2.10. The fourth-order valence-corrected chi connectivity index (χ4v) is 2.03. The van der Waals surface area contributed by atoms with E-state index in [4.69, 9.17) is 0 Å². The average Bonchev–Trinajstić information content (AvgIpc) is 2.59. The summed E-state index contributed by atoms with van der Waals surface area (Å²) < 4.78 is 4.09. The molecule has 4 heteroatoms. The molecule has 1 saturated heterocycles. The SMILES string of the molecule is c1cc(CN2CCNCC2)sn1. The molecule has 0 saturated carbocycles. The molecular weight excluding hydrogens is 170 g/mol. The molecule has 2 heterocycles. The van der Waals surface area contributed by atoms with Crippen molar-refractivity contribution in [3.63, 3.8) is 0 Å². The first-order valence-electron chi connectivity index (χ1n) is 4.28. The maximum absolute atomic E-state index is 4.09. The normalized spacial score (nSPS) is 19.7. The Labute approximate surface area is 76.6 Å². The molecule has 0 atom stereocenters. The zero-order valence-corrected chi connectivity index (χ0v) is 7.81. The number of hydrogen-bond acceptors (Lipinski definition) is 4. The van der Waals surface area contributed by atoms with E-state index in [2.05, 4.69) is 20.7 Å². The van der Waals surface area contributed by atoms with Crippen molar-refractivity contribution in [3.8, 4) is 0 Å². The van der Waals surface area contributed by atoms with Crippen LogP contribution in [0.1, 0.15) is 4.88 Å². The molecule has 0 aromatic carbocycles. The highest BCUT2D eigenvalue weighted by molar-refractivity contribution is 7.05. The van der Waals surface area contributed by atoms with Crippen molar-refractivity contribution in [1.82, 2.24) is 14.6 Å². The molecule has 1 aromatic heterocycles. The zero-order valence-electron chi connectivity index (χ0n) is 6.99. The quantitative estimate of drug-likeness (QED) is 0.725. The molecule has 0 radical (unpaired) electrons. The van der Waals surface area contributed by atoms with Crippen LogP contribution in [-0.2, 0) is 6.54 Å². The third kappa shape index (κ3) is 2.03. The van der Waals surface area contributed by atoms with Crippen LogP contribution >= 0.6 is 11.5 Å². The van der Waals surface area contributed by atoms with Crippen molar-refractivity contribution >= 4 is 11.5 Å². The molecule has 0 unspecified atom stereocenters. The van der Waals surface area contributed by atoms with Crippen LogP contribution in [-0.4, -0.2) is 35.5 Å². The summed E-state index contributed by atoms with van der Waals surface area (Å²) in [6.45, 7) is 5.65. The van der Waals surface area contributed by atoms with E-state index >= 15 is 0 Å². The fraction of sp³-hybridized carbons (Fsp3) is 0.625. The Kier molecular flexibility index (Phi) is 2.71. The minimum Gasteiger partial charge on any atom is -0.314 e. The van der Waals surface area contributed by atoms with E-state index in [0.717, 1.165) is 32.7 Å². The predicted molar refractivity (Wildman–Crippen MR) is 50.3 cm³/mol. The average molecular weight is 183 g/mol. The summed E-state index contributed by atoms with van der Waals surface area (Å²) in [5.41, 5.74) is 0. The van der Waals surface area contributed by atoms with Gasteiger partial charge in [-0.05, 0) is 17.6 Å². The Bertz CT molecular complexity index is 216. The third-order valence-electron chi connectivity index (χ3n) is 2.08. The van der Waals surface area contributed by atoms with Gasteiger partial charge in [-0.3, -0.25) is 4.90 Å². The summed E-state index contributed by atoms with van der Waals surface area (Å²) in [7, 11) is 0. The van der Waals surface area contributed by atoms with E-state index in [1.165, 1.54) is 4.88 Å². The monoisotopic (exact) mass is 183 g/mol. The minimum atomic E-state index is 1.08. The summed E-state index contributed by atoms with van der Waals surface area (Å²) in [5.74, 6) is 0. The first kappa shape index (κ1) is 8.16. The van der Waals surface area contributed by atoms with Crippen LogP contribution in [0.2, 0.25) is 0 Å².